The quantitative estimate of drug-likeness (QED) is 0.155. The van der Waals surface area contributed by atoms with E-state index in [9.17, 15) is 9.90 Å². The molecule has 6 rings (SSSR count). The van der Waals surface area contributed by atoms with E-state index in [4.69, 9.17) is 9.97 Å². The average molecular weight is 608 g/mol. The van der Waals surface area contributed by atoms with Gasteiger partial charge in [0.1, 0.15) is 10.7 Å². The summed E-state index contributed by atoms with van der Waals surface area (Å²) in [6.45, 7) is 9.61. The van der Waals surface area contributed by atoms with Gasteiger partial charge in [-0.3, -0.25) is 4.90 Å². The van der Waals surface area contributed by atoms with Crippen LogP contribution in [0.5, 0.6) is 0 Å². The Bertz CT molecular complexity index is 1700. The molecule has 0 amide bonds. The number of thiazole rings is 1. The number of piperazine rings is 1. The second-order valence-electron chi connectivity index (χ2n) is 11.8. The van der Waals surface area contributed by atoms with Crippen LogP contribution in [-0.4, -0.2) is 56.7 Å². The van der Waals surface area contributed by atoms with E-state index in [1.807, 2.05) is 18.2 Å². The zero-order valence-electron chi connectivity index (χ0n) is 25.7. The van der Waals surface area contributed by atoms with Gasteiger partial charge in [-0.1, -0.05) is 69.2 Å². The lowest BCUT2D eigenvalue weighted by atomic mass is 9.90. The van der Waals surface area contributed by atoms with Crippen molar-refractivity contribution in [2.75, 3.05) is 31.1 Å². The highest BCUT2D eigenvalue weighted by Gasteiger charge is 2.21. The Labute approximate surface area is 263 Å². The van der Waals surface area contributed by atoms with E-state index in [1.54, 1.807) is 23.5 Å². The SMILES string of the molecule is CCCC(CCC)c1ccc(Cn2c(-c3csc(CN4CCN(c5cccc(C(=O)O)c5)CC4)n3)nc3ccccc32)cc1. The highest BCUT2D eigenvalue weighted by molar-refractivity contribution is 7.09. The lowest BCUT2D eigenvalue weighted by molar-refractivity contribution is 0.0697. The number of carboxylic acids is 1. The molecule has 7 nitrogen and oxygen atoms in total. The summed E-state index contributed by atoms with van der Waals surface area (Å²) in [6.07, 6.45) is 4.91. The molecule has 3 aromatic carbocycles. The molecule has 1 N–H and O–H groups in total. The maximum absolute atomic E-state index is 11.4. The molecule has 44 heavy (non-hydrogen) atoms. The third-order valence-electron chi connectivity index (χ3n) is 8.69. The van der Waals surface area contributed by atoms with Gasteiger partial charge < -0.3 is 14.6 Å². The van der Waals surface area contributed by atoms with E-state index in [0.29, 0.717) is 11.5 Å². The number of nitrogens with zero attached hydrogens (tertiary/aromatic N) is 5. The number of aromatic carboxylic acids is 1. The Morgan fingerprint density at radius 1 is 0.886 bits per heavy atom. The minimum absolute atomic E-state index is 0.330. The number of imidazole rings is 1. The fourth-order valence-electron chi connectivity index (χ4n) is 6.36. The fourth-order valence-corrected chi connectivity index (χ4v) is 7.17. The monoisotopic (exact) mass is 607 g/mol. The molecule has 0 radical (unpaired) electrons. The third kappa shape index (κ3) is 6.71. The van der Waals surface area contributed by atoms with Crippen LogP contribution in [0.1, 0.15) is 71.9 Å². The lowest BCUT2D eigenvalue weighted by Gasteiger charge is -2.35. The van der Waals surface area contributed by atoms with Gasteiger partial charge >= 0.3 is 5.97 Å². The highest BCUT2D eigenvalue weighted by Crippen LogP contribution is 2.30. The van der Waals surface area contributed by atoms with Gasteiger partial charge in [0.2, 0.25) is 0 Å². The van der Waals surface area contributed by atoms with Crippen molar-refractivity contribution in [3.05, 3.63) is 99.9 Å². The molecule has 0 atom stereocenters. The van der Waals surface area contributed by atoms with E-state index in [2.05, 4.69) is 76.1 Å². The Hall–Kier alpha value is -4.01. The van der Waals surface area contributed by atoms with Crippen molar-refractivity contribution in [2.45, 2.75) is 58.5 Å². The van der Waals surface area contributed by atoms with Crippen molar-refractivity contribution in [2.24, 2.45) is 0 Å². The van der Waals surface area contributed by atoms with Gasteiger partial charge in [0.25, 0.3) is 0 Å². The summed E-state index contributed by atoms with van der Waals surface area (Å²) >= 11 is 1.69. The van der Waals surface area contributed by atoms with Crippen molar-refractivity contribution < 1.29 is 9.90 Å². The van der Waals surface area contributed by atoms with E-state index in [1.165, 1.54) is 36.8 Å². The number of rotatable bonds is 12. The fraction of sp³-hybridized carbons (Fsp3) is 0.361. The summed E-state index contributed by atoms with van der Waals surface area (Å²) in [4.78, 5) is 26.2. The van der Waals surface area contributed by atoms with Crippen LogP contribution in [0, 0.1) is 0 Å². The molecule has 1 fully saturated rings. The van der Waals surface area contributed by atoms with Crippen molar-refractivity contribution >= 4 is 34.0 Å². The maximum atomic E-state index is 11.4. The van der Waals surface area contributed by atoms with E-state index in [0.717, 1.165) is 72.5 Å². The zero-order valence-corrected chi connectivity index (χ0v) is 26.5. The Morgan fingerprint density at radius 2 is 1.64 bits per heavy atom. The largest absolute Gasteiger partial charge is 0.478 e. The number of carboxylic acid groups (broad SMARTS) is 1. The van der Waals surface area contributed by atoms with Crippen molar-refractivity contribution in [1.82, 2.24) is 19.4 Å². The molecular formula is C36H41N5O2S. The molecule has 1 aliphatic heterocycles. The summed E-state index contributed by atoms with van der Waals surface area (Å²) in [6, 6.07) is 24.8. The van der Waals surface area contributed by atoms with Crippen LogP contribution in [0.25, 0.3) is 22.6 Å². The summed E-state index contributed by atoms with van der Waals surface area (Å²) < 4.78 is 2.31. The number of benzene rings is 3. The molecule has 228 valence electrons. The standard InChI is InChI=1S/C36H41N5O2S/c1-3-8-27(9-4-2)28-16-14-26(15-17-28)23-41-33-13-6-5-12-31(33)38-35(41)32-25-44-34(37-32)24-39-18-20-40(21-19-39)30-11-7-10-29(22-30)36(42)43/h5-7,10-17,22,25,27H,3-4,8-9,18-21,23-24H2,1-2H3,(H,42,43). The Kier molecular flexibility index (Phi) is 9.38. The van der Waals surface area contributed by atoms with Gasteiger partial charge in [-0.15, -0.1) is 11.3 Å². The van der Waals surface area contributed by atoms with Crippen LogP contribution in [0.15, 0.2) is 78.2 Å². The predicted octanol–water partition coefficient (Wildman–Crippen LogP) is 7.91. The Balaban J connectivity index is 1.16. The third-order valence-corrected chi connectivity index (χ3v) is 9.52. The highest BCUT2D eigenvalue weighted by atomic mass is 32.1. The summed E-state index contributed by atoms with van der Waals surface area (Å²) in [5.41, 5.74) is 7.06. The normalized spacial score (nSPS) is 14.1. The number of aromatic nitrogens is 3. The molecule has 8 heteroatoms. The number of carbonyl (C=O) groups is 1. The van der Waals surface area contributed by atoms with Crippen molar-refractivity contribution in [3.63, 3.8) is 0 Å². The molecule has 1 aliphatic rings. The van der Waals surface area contributed by atoms with Gasteiger partial charge in [0.05, 0.1) is 23.1 Å². The average Bonchev–Trinajstić information content (AvgIpc) is 3.66. The molecular weight excluding hydrogens is 566 g/mol. The van der Waals surface area contributed by atoms with Crippen LogP contribution in [0.3, 0.4) is 0 Å². The number of hydrogen-bond donors (Lipinski definition) is 1. The number of fused-ring (bicyclic) bond motifs is 1. The molecule has 5 aromatic rings. The van der Waals surface area contributed by atoms with Gasteiger partial charge in [0, 0.05) is 43.8 Å². The predicted molar refractivity (Wildman–Crippen MR) is 180 cm³/mol. The molecule has 0 bridgehead atoms. The molecule has 0 spiro atoms. The number of anilines is 1. The number of para-hydroxylation sites is 2. The number of hydrogen-bond acceptors (Lipinski definition) is 6. The zero-order chi connectivity index (χ0) is 30.5. The molecule has 0 unspecified atom stereocenters. The first-order chi connectivity index (χ1) is 21.5. The van der Waals surface area contributed by atoms with Crippen LogP contribution < -0.4 is 4.90 Å². The second-order valence-corrected chi connectivity index (χ2v) is 12.7. The smallest absolute Gasteiger partial charge is 0.335 e. The first kappa shape index (κ1) is 30.0. The topological polar surface area (TPSA) is 74.5 Å². The second kappa shape index (κ2) is 13.7. The van der Waals surface area contributed by atoms with Crippen LogP contribution in [0.2, 0.25) is 0 Å². The first-order valence-corrected chi connectivity index (χ1v) is 16.7. The minimum Gasteiger partial charge on any atom is -0.478 e. The molecule has 0 saturated carbocycles. The van der Waals surface area contributed by atoms with Gasteiger partial charge in [-0.25, -0.2) is 14.8 Å². The van der Waals surface area contributed by atoms with E-state index >= 15 is 0 Å². The molecule has 1 saturated heterocycles. The van der Waals surface area contributed by atoms with Gasteiger partial charge in [0.15, 0.2) is 5.82 Å². The van der Waals surface area contributed by atoms with Crippen LogP contribution >= 0.6 is 11.3 Å². The van der Waals surface area contributed by atoms with Crippen LogP contribution in [-0.2, 0) is 13.1 Å². The van der Waals surface area contributed by atoms with E-state index in [-0.39, 0.29) is 0 Å². The Morgan fingerprint density at radius 3 is 2.36 bits per heavy atom. The van der Waals surface area contributed by atoms with Gasteiger partial charge in [-0.05, 0) is 60.2 Å². The molecule has 0 aliphatic carbocycles. The first-order valence-electron chi connectivity index (χ1n) is 15.8. The summed E-state index contributed by atoms with van der Waals surface area (Å²) in [5.74, 6) is 0.665. The lowest BCUT2D eigenvalue weighted by Crippen LogP contribution is -2.46. The molecule has 2 aromatic heterocycles. The maximum Gasteiger partial charge on any atom is 0.335 e. The molecule has 3 heterocycles. The van der Waals surface area contributed by atoms with Crippen LogP contribution in [0.4, 0.5) is 5.69 Å². The van der Waals surface area contributed by atoms with Gasteiger partial charge in [-0.2, -0.15) is 0 Å². The summed E-state index contributed by atoms with van der Waals surface area (Å²) in [7, 11) is 0. The van der Waals surface area contributed by atoms with Crippen molar-refractivity contribution in [3.8, 4) is 11.5 Å². The summed E-state index contributed by atoms with van der Waals surface area (Å²) in [5, 5.41) is 12.6. The van der Waals surface area contributed by atoms with Crippen molar-refractivity contribution in [1.29, 1.82) is 0 Å². The minimum atomic E-state index is -0.889. The van der Waals surface area contributed by atoms with E-state index < -0.39 is 5.97 Å².